The first-order valence-corrected chi connectivity index (χ1v) is 19.2. The van der Waals surface area contributed by atoms with Crippen LogP contribution in [0.15, 0.2) is 91.8 Å². The third kappa shape index (κ3) is 5.33. The van der Waals surface area contributed by atoms with Crippen molar-refractivity contribution in [1.29, 1.82) is 0 Å². The van der Waals surface area contributed by atoms with E-state index >= 15 is 0 Å². The second kappa shape index (κ2) is 12.1. The summed E-state index contributed by atoms with van der Waals surface area (Å²) in [6, 6.07) is 0. The van der Waals surface area contributed by atoms with E-state index in [-0.39, 0.29) is 10.8 Å². The average molecular weight is 540 g/mol. The van der Waals surface area contributed by atoms with E-state index in [0.717, 1.165) is 26.2 Å². The molecule has 0 saturated carbocycles. The molecule has 0 N–H and O–H groups in total. The summed E-state index contributed by atoms with van der Waals surface area (Å²) in [6.45, 7) is 42.7. The molecule has 2 rings (SSSR count). The topological polar surface area (TPSA) is 6.48 Å². The van der Waals surface area contributed by atoms with Crippen molar-refractivity contribution in [2.75, 3.05) is 26.2 Å². The zero-order chi connectivity index (χ0) is 27.6. The normalized spacial score (nSPS) is 19.4. The van der Waals surface area contributed by atoms with Crippen LogP contribution in [0.4, 0.5) is 0 Å². The van der Waals surface area contributed by atoms with Crippen molar-refractivity contribution in [2.45, 2.75) is 69.2 Å². The summed E-state index contributed by atoms with van der Waals surface area (Å²) < 4.78 is 9.05. The second-order valence-corrected chi connectivity index (χ2v) is 21.5. The molecule has 2 nitrogen and oxygen atoms in total. The molecule has 0 aromatic heterocycles. The molecular formula is C32H51N2SiTi. The zero-order valence-electron chi connectivity index (χ0n) is 24.9. The van der Waals surface area contributed by atoms with Crippen molar-refractivity contribution < 1.29 is 17.1 Å². The molecule has 2 aliphatic carbocycles. The molecule has 0 aromatic carbocycles. The fraction of sp³-hybridized carbons (Fsp3) is 0.500. The van der Waals surface area contributed by atoms with E-state index in [4.69, 9.17) is 0 Å². The van der Waals surface area contributed by atoms with Crippen molar-refractivity contribution in [3.05, 3.63) is 91.8 Å². The molecule has 0 heterocycles. The van der Waals surface area contributed by atoms with E-state index in [9.17, 15) is 0 Å². The van der Waals surface area contributed by atoms with Crippen molar-refractivity contribution in [3.63, 3.8) is 0 Å². The first kappa shape index (κ1) is 31.0. The summed E-state index contributed by atoms with van der Waals surface area (Å²) in [6.07, 6.45) is 8.35. The van der Waals surface area contributed by atoms with E-state index in [2.05, 4.69) is 129 Å². The van der Waals surface area contributed by atoms with Crippen LogP contribution in [0.1, 0.15) is 69.2 Å². The van der Waals surface area contributed by atoms with Gasteiger partial charge in [0.25, 0.3) is 0 Å². The van der Waals surface area contributed by atoms with Gasteiger partial charge in [-0.3, -0.25) is 0 Å². The predicted octanol–water partition coefficient (Wildman–Crippen LogP) is 7.97. The van der Waals surface area contributed by atoms with Gasteiger partial charge in [-0.2, -0.15) is 0 Å². The minimum atomic E-state index is -2.15. The molecule has 0 aliphatic heterocycles. The second-order valence-electron chi connectivity index (χ2n) is 11.6. The van der Waals surface area contributed by atoms with Crippen molar-refractivity contribution in [1.82, 2.24) is 9.13 Å². The number of hydrogen-bond acceptors (Lipinski definition) is 2. The molecule has 36 heavy (non-hydrogen) atoms. The summed E-state index contributed by atoms with van der Waals surface area (Å²) in [5, 5.41) is 0. The predicted molar refractivity (Wildman–Crippen MR) is 161 cm³/mol. The molecule has 0 saturated heterocycles. The van der Waals surface area contributed by atoms with Crippen LogP contribution in [0, 0.1) is 10.8 Å². The fourth-order valence-electron chi connectivity index (χ4n) is 6.46. The Balaban J connectivity index is 3.03. The van der Waals surface area contributed by atoms with Gasteiger partial charge in [0.05, 0.1) is 0 Å². The Morgan fingerprint density at radius 2 is 0.861 bits per heavy atom. The van der Waals surface area contributed by atoms with Crippen LogP contribution in [0.3, 0.4) is 0 Å². The van der Waals surface area contributed by atoms with Gasteiger partial charge in [0.15, 0.2) is 0 Å². The summed E-state index contributed by atoms with van der Waals surface area (Å²) >= 11 is -2.15. The molecule has 197 valence electrons. The van der Waals surface area contributed by atoms with Gasteiger partial charge >= 0.3 is 231 Å². The van der Waals surface area contributed by atoms with Crippen LogP contribution in [0.2, 0.25) is 0 Å². The minimum absolute atomic E-state index is 0.0740. The molecule has 0 amide bonds. The molecular weight excluding hydrogens is 488 g/mol. The molecule has 0 atom stereocenters. The SMILES string of the molecule is C=CCN(CC=C)[SiH](N(CC=C)CC=C)[Ti]([C]1=C(C)C(C)=C(C)C1(C)C)[C]1=C(C)C(C)=C(C)C1(C)C. The molecule has 4 heteroatoms. The Hall–Kier alpha value is -1.23. The summed E-state index contributed by atoms with van der Waals surface area (Å²) in [4.78, 5) is 0. The van der Waals surface area contributed by atoms with Gasteiger partial charge in [-0.1, -0.05) is 0 Å². The van der Waals surface area contributed by atoms with E-state index in [1.165, 1.54) is 11.1 Å². The Kier molecular flexibility index (Phi) is 10.4. The van der Waals surface area contributed by atoms with Crippen molar-refractivity contribution >= 4 is 6.99 Å². The number of allylic oxidation sites excluding steroid dienone is 8. The molecule has 0 bridgehead atoms. The third-order valence-corrected chi connectivity index (χ3v) is 24.8. The Morgan fingerprint density at radius 1 is 0.583 bits per heavy atom. The van der Waals surface area contributed by atoms with Crippen LogP contribution in [-0.2, 0) is 17.1 Å². The molecule has 0 spiro atoms. The number of hydrogen-bond donors (Lipinski definition) is 0. The number of nitrogens with zero attached hydrogens (tertiary/aromatic N) is 2. The fourth-order valence-corrected chi connectivity index (χ4v) is 27.1. The van der Waals surface area contributed by atoms with E-state index in [0.29, 0.717) is 0 Å². The zero-order valence-corrected chi connectivity index (χ0v) is 27.7. The maximum atomic E-state index is 4.17. The molecule has 2 aliphatic rings. The van der Waals surface area contributed by atoms with Gasteiger partial charge in [-0.05, 0) is 0 Å². The van der Waals surface area contributed by atoms with E-state index < -0.39 is 24.1 Å². The van der Waals surface area contributed by atoms with Gasteiger partial charge < -0.3 is 0 Å². The first-order chi connectivity index (χ1) is 16.7. The van der Waals surface area contributed by atoms with Gasteiger partial charge in [-0.15, -0.1) is 0 Å². The average Bonchev–Trinajstić information content (AvgIpc) is 3.05. The maximum absolute atomic E-state index is 4.17. The van der Waals surface area contributed by atoms with Crippen LogP contribution in [0.5, 0.6) is 0 Å². The van der Waals surface area contributed by atoms with Gasteiger partial charge in [0.2, 0.25) is 0 Å². The third-order valence-electron chi connectivity index (χ3n) is 9.07. The van der Waals surface area contributed by atoms with Crippen LogP contribution < -0.4 is 0 Å². The summed E-state index contributed by atoms with van der Waals surface area (Å²) in [7, 11) is 0. The number of rotatable bonds is 13. The Bertz CT molecular complexity index is 948. The standard InChI is InChI=1S/C12H21N2Si.2C10H15.Ti/c1-5-9-13(10-6-2)15-14(11-7-3)12-8-4;2*1-7-6-10(4,5)9(3)8(7)2;/h5-8,15H,1-4,9-12H2;2*1-5H3;. The van der Waals surface area contributed by atoms with Gasteiger partial charge in [0.1, 0.15) is 0 Å². The summed E-state index contributed by atoms with van der Waals surface area (Å²) in [5.74, 6) is 0. The molecule has 0 radical (unpaired) electrons. The molecule has 0 fully saturated rings. The van der Waals surface area contributed by atoms with Crippen molar-refractivity contribution in [2.24, 2.45) is 10.8 Å². The van der Waals surface area contributed by atoms with Crippen LogP contribution in [-0.4, -0.2) is 42.3 Å². The van der Waals surface area contributed by atoms with E-state index in [1.807, 2.05) is 0 Å². The van der Waals surface area contributed by atoms with Gasteiger partial charge in [-0.25, -0.2) is 0 Å². The molecule has 0 unspecified atom stereocenters. The first-order valence-electron chi connectivity index (χ1n) is 13.3. The van der Waals surface area contributed by atoms with Crippen LogP contribution in [0.25, 0.3) is 0 Å². The van der Waals surface area contributed by atoms with Crippen LogP contribution >= 0.6 is 0 Å². The van der Waals surface area contributed by atoms with Gasteiger partial charge in [0, 0.05) is 0 Å². The van der Waals surface area contributed by atoms with E-state index in [1.54, 1.807) is 30.0 Å². The Morgan fingerprint density at radius 3 is 1.06 bits per heavy atom. The molecule has 0 aromatic rings. The quantitative estimate of drug-likeness (QED) is 0.173. The summed E-state index contributed by atoms with van der Waals surface area (Å²) in [5.41, 5.74) is 9.34. The Labute approximate surface area is 230 Å². The monoisotopic (exact) mass is 539 g/mol. The van der Waals surface area contributed by atoms with Crippen molar-refractivity contribution in [3.8, 4) is 0 Å².